The Bertz CT molecular complexity index is 809. The molecule has 5 atom stereocenters. The van der Waals surface area contributed by atoms with Crippen molar-refractivity contribution in [1.82, 2.24) is 10.2 Å². The summed E-state index contributed by atoms with van der Waals surface area (Å²) in [6.07, 6.45) is 5.53. The number of esters is 1. The molecule has 0 radical (unpaired) electrons. The maximum atomic E-state index is 13.4. The lowest BCUT2D eigenvalue weighted by Gasteiger charge is -2.33. The van der Waals surface area contributed by atoms with Crippen molar-refractivity contribution < 1.29 is 24.2 Å². The fourth-order valence-corrected chi connectivity index (χ4v) is 4.90. The summed E-state index contributed by atoms with van der Waals surface area (Å²) in [6.45, 7) is 4.17. The lowest BCUT2D eigenvalue weighted by molar-refractivity contribution is -0.155. The predicted octanol–water partition coefficient (Wildman–Crippen LogP) is 1.90. The topological polar surface area (TPSA) is 95.9 Å². The number of allylic oxidation sites excluding steroid dienone is 1. The Balaban J connectivity index is 1.88. The first-order chi connectivity index (χ1) is 15.0. The third kappa shape index (κ3) is 4.82. The smallest absolute Gasteiger partial charge is 0.310 e. The van der Waals surface area contributed by atoms with Gasteiger partial charge in [0.2, 0.25) is 11.8 Å². The van der Waals surface area contributed by atoms with E-state index in [9.17, 15) is 19.5 Å². The number of benzene rings is 1. The third-order valence-electron chi connectivity index (χ3n) is 6.21. The van der Waals surface area contributed by atoms with Gasteiger partial charge in [-0.1, -0.05) is 55.8 Å². The van der Waals surface area contributed by atoms with E-state index < -0.39 is 23.8 Å². The largest absolute Gasteiger partial charge is 0.466 e. The monoisotopic (exact) mass is 428 g/mol. The number of carbonyl (C=O) groups excluding carboxylic acids is 3. The Labute approximate surface area is 183 Å². The Morgan fingerprint density at radius 3 is 2.55 bits per heavy atom. The second-order valence-electron chi connectivity index (χ2n) is 8.12. The molecule has 1 aliphatic heterocycles. The molecular formula is C24H32N2O5. The highest BCUT2D eigenvalue weighted by Crippen LogP contribution is 2.45. The van der Waals surface area contributed by atoms with Gasteiger partial charge in [0.1, 0.15) is 6.04 Å². The standard InChI is InChI=1S/C24H32N2O5/c1-3-8-17-11-12-18-20(19(17)24(30)31-4-2)23(29)26(13-14-27)21(18)22(28)25-15-16-9-6-5-7-10-16/h5-7,9-12,17-21,27H,3-4,8,13-15H2,1-2H3,(H,25,28)/t17-,18+,19-,20-,21+/m1/s1. The van der Waals surface area contributed by atoms with Gasteiger partial charge in [-0.15, -0.1) is 0 Å². The normalized spacial score (nSPS) is 27.1. The zero-order chi connectivity index (χ0) is 22.4. The number of aliphatic hydroxyl groups excluding tert-OH is 1. The van der Waals surface area contributed by atoms with Crippen LogP contribution in [0, 0.1) is 23.7 Å². The van der Waals surface area contributed by atoms with E-state index in [0.29, 0.717) is 6.54 Å². The average Bonchev–Trinajstić information content (AvgIpc) is 3.05. The molecule has 7 nitrogen and oxygen atoms in total. The minimum Gasteiger partial charge on any atom is -0.466 e. The van der Waals surface area contributed by atoms with Gasteiger partial charge in [-0.25, -0.2) is 0 Å². The van der Waals surface area contributed by atoms with Crippen LogP contribution in [0.5, 0.6) is 0 Å². The number of ether oxygens (including phenoxy) is 1. The fraction of sp³-hybridized carbons (Fsp3) is 0.542. The number of rotatable bonds is 9. The summed E-state index contributed by atoms with van der Waals surface area (Å²) in [5, 5.41) is 12.5. The molecule has 0 spiro atoms. The van der Waals surface area contributed by atoms with Gasteiger partial charge in [-0.3, -0.25) is 14.4 Å². The zero-order valence-electron chi connectivity index (χ0n) is 18.2. The first-order valence-electron chi connectivity index (χ1n) is 11.1. The number of hydrogen-bond acceptors (Lipinski definition) is 5. The van der Waals surface area contributed by atoms with Gasteiger partial charge in [0.05, 0.1) is 25.0 Å². The summed E-state index contributed by atoms with van der Waals surface area (Å²) in [5.74, 6) is -2.73. The second-order valence-corrected chi connectivity index (χ2v) is 8.12. The molecule has 31 heavy (non-hydrogen) atoms. The molecule has 1 aromatic rings. The van der Waals surface area contributed by atoms with Gasteiger partial charge < -0.3 is 20.1 Å². The average molecular weight is 429 g/mol. The highest BCUT2D eigenvalue weighted by Gasteiger charge is 2.57. The highest BCUT2D eigenvalue weighted by atomic mass is 16.5. The van der Waals surface area contributed by atoms with Gasteiger partial charge >= 0.3 is 5.97 Å². The molecule has 7 heteroatoms. The Morgan fingerprint density at radius 1 is 1.16 bits per heavy atom. The quantitative estimate of drug-likeness (QED) is 0.463. The number of nitrogens with one attached hydrogen (secondary N) is 1. The molecular weight excluding hydrogens is 396 g/mol. The summed E-state index contributed by atoms with van der Waals surface area (Å²) in [5.41, 5.74) is 0.956. The number of aliphatic hydroxyl groups is 1. The van der Waals surface area contributed by atoms with Gasteiger partial charge in [0.15, 0.2) is 0 Å². The van der Waals surface area contributed by atoms with Crippen molar-refractivity contribution in [3.63, 3.8) is 0 Å². The van der Waals surface area contributed by atoms with Crippen LogP contribution in [0.4, 0.5) is 0 Å². The van der Waals surface area contributed by atoms with Crippen LogP contribution in [-0.4, -0.2) is 53.6 Å². The van der Waals surface area contributed by atoms with Crippen molar-refractivity contribution in [2.75, 3.05) is 19.8 Å². The molecule has 3 rings (SSSR count). The second kappa shape index (κ2) is 10.6. The Kier molecular flexibility index (Phi) is 7.85. The minimum atomic E-state index is -0.760. The molecule has 2 aliphatic rings. The molecule has 0 bridgehead atoms. The molecule has 168 valence electrons. The molecule has 0 saturated carbocycles. The van der Waals surface area contributed by atoms with Crippen LogP contribution >= 0.6 is 0 Å². The van der Waals surface area contributed by atoms with Crippen molar-refractivity contribution in [2.45, 2.75) is 39.3 Å². The van der Waals surface area contributed by atoms with Crippen molar-refractivity contribution in [2.24, 2.45) is 23.7 Å². The highest BCUT2D eigenvalue weighted by molar-refractivity contribution is 5.96. The number of nitrogens with zero attached hydrogens (tertiary/aromatic N) is 1. The molecule has 1 saturated heterocycles. The number of amides is 2. The molecule has 1 heterocycles. The zero-order valence-corrected chi connectivity index (χ0v) is 18.2. The molecule has 2 N–H and O–H groups in total. The lowest BCUT2D eigenvalue weighted by Crippen LogP contribution is -2.47. The first-order valence-corrected chi connectivity index (χ1v) is 11.1. The fourth-order valence-electron chi connectivity index (χ4n) is 4.90. The van der Waals surface area contributed by atoms with Gasteiger partial charge in [-0.05, 0) is 24.8 Å². The number of fused-ring (bicyclic) bond motifs is 1. The molecule has 2 amide bonds. The maximum absolute atomic E-state index is 13.4. The van der Waals surface area contributed by atoms with E-state index in [1.165, 1.54) is 4.90 Å². The number of hydrogen-bond donors (Lipinski definition) is 2. The maximum Gasteiger partial charge on any atom is 0.310 e. The van der Waals surface area contributed by atoms with E-state index in [4.69, 9.17) is 4.74 Å². The molecule has 1 fully saturated rings. The van der Waals surface area contributed by atoms with E-state index in [0.717, 1.165) is 18.4 Å². The predicted molar refractivity (Wildman–Crippen MR) is 116 cm³/mol. The SMILES string of the molecule is CCC[C@@H]1C=C[C@H]2[C@@H](C(=O)N(CCO)[C@@H]2C(=O)NCc2ccccc2)[C@@H]1C(=O)OCC. The Hall–Kier alpha value is -2.67. The summed E-state index contributed by atoms with van der Waals surface area (Å²) in [7, 11) is 0. The molecule has 1 aromatic carbocycles. The van der Waals surface area contributed by atoms with E-state index >= 15 is 0 Å². The lowest BCUT2D eigenvalue weighted by atomic mass is 9.69. The molecule has 0 aromatic heterocycles. The van der Waals surface area contributed by atoms with Gasteiger partial charge in [-0.2, -0.15) is 0 Å². The molecule has 0 unspecified atom stereocenters. The summed E-state index contributed by atoms with van der Waals surface area (Å²) in [6, 6.07) is 8.78. The van der Waals surface area contributed by atoms with Crippen LogP contribution in [0.1, 0.15) is 32.3 Å². The van der Waals surface area contributed by atoms with Crippen LogP contribution in [-0.2, 0) is 25.7 Å². The first kappa shape index (κ1) is 23.0. The van der Waals surface area contributed by atoms with Crippen LogP contribution in [0.3, 0.4) is 0 Å². The van der Waals surface area contributed by atoms with Crippen LogP contribution in [0.2, 0.25) is 0 Å². The van der Waals surface area contributed by atoms with E-state index in [2.05, 4.69) is 5.32 Å². The minimum absolute atomic E-state index is 0.0527. The Morgan fingerprint density at radius 2 is 1.90 bits per heavy atom. The van der Waals surface area contributed by atoms with Crippen molar-refractivity contribution in [1.29, 1.82) is 0 Å². The number of likely N-dealkylation sites (tertiary alicyclic amines) is 1. The van der Waals surface area contributed by atoms with Crippen LogP contribution in [0.25, 0.3) is 0 Å². The summed E-state index contributed by atoms with van der Waals surface area (Å²) >= 11 is 0. The number of β-amino-alcohol motifs (C(OH)–C–C–N with tert-alkyl or cyclic N) is 1. The van der Waals surface area contributed by atoms with Crippen LogP contribution < -0.4 is 5.32 Å². The molecule has 1 aliphatic carbocycles. The van der Waals surface area contributed by atoms with E-state index in [1.54, 1.807) is 6.92 Å². The summed E-state index contributed by atoms with van der Waals surface area (Å²) < 4.78 is 5.32. The summed E-state index contributed by atoms with van der Waals surface area (Å²) in [4.78, 5) is 40.8. The van der Waals surface area contributed by atoms with Gasteiger partial charge in [0, 0.05) is 19.0 Å². The third-order valence-corrected chi connectivity index (χ3v) is 6.21. The van der Waals surface area contributed by atoms with Crippen molar-refractivity contribution >= 4 is 17.8 Å². The van der Waals surface area contributed by atoms with Crippen LogP contribution in [0.15, 0.2) is 42.5 Å². The number of carbonyl (C=O) groups is 3. The van der Waals surface area contributed by atoms with E-state index in [1.807, 2.05) is 49.4 Å². The van der Waals surface area contributed by atoms with Crippen molar-refractivity contribution in [3.8, 4) is 0 Å². The van der Waals surface area contributed by atoms with Gasteiger partial charge in [0.25, 0.3) is 0 Å². The van der Waals surface area contributed by atoms with E-state index in [-0.39, 0.29) is 43.5 Å². The van der Waals surface area contributed by atoms with Crippen molar-refractivity contribution in [3.05, 3.63) is 48.0 Å².